The van der Waals surface area contributed by atoms with Crippen molar-refractivity contribution in [2.24, 2.45) is 5.92 Å². The fraction of sp³-hybridized carbons (Fsp3) is 0.444. The zero-order chi connectivity index (χ0) is 17.8. The highest BCUT2D eigenvalue weighted by Crippen LogP contribution is 2.33. The van der Waals surface area contributed by atoms with Gasteiger partial charge >= 0.3 is 0 Å². The van der Waals surface area contributed by atoms with Crippen LogP contribution in [0.2, 0.25) is 0 Å². The maximum absolute atomic E-state index is 13.7. The van der Waals surface area contributed by atoms with Crippen LogP contribution in [0.25, 0.3) is 0 Å². The summed E-state index contributed by atoms with van der Waals surface area (Å²) in [7, 11) is 0. The summed E-state index contributed by atoms with van der Waals surface area (Å²) < 4.78 is 21.4. The third kappa shape index (κ3) is 3.88. The van der Waals surface area contributed by atoms with E-state index in [0.29, 0.717) is 13.2 Å². The lowest BCUT2D eigenvalue weighted by molar-refractivity contribution is 0.0845. The van der Waals surface area contributed by atoms with Gasteiger partial charge in [0.2, 0.25) is 0 Å². The van der Waals surface area contributed by atoms with Gasteiger partial charge in [0.15, 0.2) is 0 Å². The van der Waals surface area contributed by atoms with Gasteiger partial charge in [0.1, 0.15) is 5.82 Å². The summed E-state index contributed by atoms with van der Waals surface area (Å²) in [5, 5.41) is 16.1. The molecule has 1 aliphatic heterocycles. The summed E-state index contributed by atoms with van der Waals surface area (Å²) in [5.41, 5.74) is 1.43. The zero-order valence-corrected chi connectivity index (χ0v) is 14.1. The highest BCUT2D eigenvalue weighted by atomic mass is 19.1. The Hall–Kier alpha value is -2.25. The molecule has 6 nitrogen and oxygen atoms in total. The first-order chi connectivity index (χ1) is 12.1. The van der Waals surface area contributed by atoms with E-state index in [-0.39, 0.29) is 35.7 Å². The smallest absolute Gasteiger partial charge is 0.251 e. The molecule has 0 radical (unpaired) electrons. The number of nitrogens with one attached hydrogen (secondary N) is 1. The van der Waals surface area contributed by atoms with Gasteiger partial charge in [-0.1, -0.05) is 6.07 Å². The minimum Gasteiger partial charge on any atom is -0.392 e. The molecule has 0 bridgehead atoms. The van der Waals surface area contributed by atoms with Crippen molar-refractivity contribution in [1.29, 1.82) is 0 Å². The summed E-state index contributed by atoms with van der Waals surface area (Å²) in [6.45, 7) is 3.52. The number of carbonyl (C=O) groups is 1. The average molecular weight is 347 g/mol. The quantitative estimate of drug-likeness (QED) is 0.838. The summed E-state index contributed by atoms with van der Waals surface area (Å²) in [5.74, 6) is -0.762. The SMILES string of the molecule is CCn1cc([C@@H]2OCC[C@H]2CNC(=O)c2ccc(CO)c(F)c2)cn1. The Kier molecular flexibility index (Phi) is 5.45. The number of rotatable bonds is 6. The largest absolute Gasteiger partial charge is 0.392 e. The predicted octanol–water partition coefficient (Wildman–Crippen LogP) is 2.04. The fourth-order valence-corrected chi connectivity index (χ4v) is 3.05. The van der Waals surface area contributed by atoms with Crippen molar-refractivity contribution in [3.63, 3.8) is 0 Å². The Balaban J connectivity index is 1.62. The van der Waals surface area contributed by atoms with Gasteiger partial charge in [-0.2, -0.15) is 5.10 Å². The molecular weight excluding hydrogens is 325 g/mol. The monoisotopic (exact) mass is 347 g/mol. The van der Waals surface area contributed by atoms with Crippen LogP contribution in [-0.2, 0) is 17.9 Å². The number of ether oxygens (including phenoxy) is 1. The van der Waals surface area contributed by atoms with Gasteiger partial charge < -0.3 is 15.2 Å². The number of hydrogen-bond acceptors (Lipinski definition) is 4. The van der Waals surface area contributed by atoms with Crippen LogP contribution < -0.4 is 5.32 Å². The van der Waals surface area contributed by atoms with E-state index in [1.807, 2.05) is 17.8 Å². The molecule has 25 heavy (non-hydrogen) atoms. The number of aromatic nitrogens is 2. The number of aryl methyl sites for hydroxylation is 1. The molecule has 1 aromatic heterocycles. The predicted molar refractivity (Wildman–Crippen MR) is 89.4 cm³/mol. The van der Waals surface area contributed by atoms with Crippen LogP contribution in [0.5, 0.6) is 0 Å². The van der Waals surface area contributed by atoms with Crippen LogP contribution in [0.4, 0.5) is 4.39 Å². The van der Waals surface area contributed by atoms with Gasteiger partial charge in [-0.05, 0) is 25.5 Å². The number of amides is 1. The van der Waals surface area contributed by atoms with Crippen LogP contribution in [0.1, 0.15) is 40.9 Å². The number of aliphatic hydroxyl groups excluding tert-OH is 1. The molecule has 0 saturated carbocycles. The van der Waals surface area contributed by atoms with E-state index < -0.39 is 5.82 Å². The van der Waals surface area contributed by atoms with Gasteiger partial charge in [-0.3, -0.25) is 9.48 Å². The Morgan fingerprint density at radius 3 is 3.04 bits per heavy atom. The van der Waals surface area contributed by atoms with Gasteiger partial charge in [0.25, 0.3) is 5.91 Å². The van der Waals surface area contributed by atoms with Crippen molar-refractivity contribution in [2.45, 2.75) is 32.6 Å². The van der Waals surface area contributed by atoms with Crippen LogP contribution in [0.3, 0.4) is 0 Å². The molecule has 1 fully saturated rings. The minimum absolute atomic E-state index is 0.0888. The molecule has 2 heterocycles. The lowest BCUT2D eigenvalue weighted by Crippen LogP contribution is -2.30. The van der Waals surface area contributed by atoms with Gasteiger partial charge in [-0.15, -0.1) is 0 Å². The van der Waals surface area contributed by atoms with Crippen molar-refractivity contribution in [2.75, 3.05) is 13.2 Å². The van der Waals surface area contributed by atoms with Crippen molar-refractivity contribution in [1.82, 2.24) is 15.1 Å². The first kappa shape index (κ1) is 17.6. The standard InChI is InChI=1S/C18H22FN3O3/c1-2-22-10-15(9-21-22)17-13(5-6-25-17)8-20-18(24)12-3-4-14(11-23)16(19)7-12/h3-4,7,9-10,13,17,23H,2,5-6,8,11H2,1H3,(H,20,24)/t13-,17+/m0/s1. The van der Waals surface area contributed by atoms with E-state index in [9.17, 15) is 9.18 Å². The summed E-state index contributed by atoms with van der Waals surface area (Å²) >= 11 is 0. The van der Waals surface area contributed by atoms with E-state index in [1.54, 1.807) is 6.20 Å². The van der Waals surface area contributed by atoms with Crippen molar-refractivity contribution in [3.05, 3.63) is 53.1 Å². The van der Waals surface area contributed by atoms with Gasteiger partial charge in [0, 0.05) is 48.5 Å². The molecule has 2 atom stereocenters. The Labute approximate surface area is 145 Å². The highest BCUT2D eigenvalue weighted by Gasteiger charge is 2.31. The van der Waals surface area contributed by atoms with E-state index in [2.05, 4.69) is 10.4 Å². The topological polar surface area (TPSA) is 76.4 Å². The van der Waals surface area contributed by atoms with Crippen LogP contribution in [0.15, 0.2) is 30.6 Å². The molecule has 1 aliphatic rings. The second-order valence-corrected chi connectivity index (χ2v) is 6.14. The second kappa shape index (κ2) is 7.76. The number of halogens is 1. The number of benzene rings is 1. The molecule has 134 valence electrons. The number of hydrogen-bond donors (Lipinski definition) is 2. The van der Waals surface area contributed by atoms with Gasteiger partial charge in [0.05, 0.1) is 18.9 Å². The first-order valence-corrected chi connectivity index (χ1v) is 8.43. The normalized spacial score (nSPS) is 20.0. The van der Waals surface area contributed by atoms with Crippen LogP contribution >= 0.6 is 0 Å². The molecular formula is C18H22FN3O3. The molecule has 7 heteroatoms. The minimum atomic E-state index is -0.579. The molecule has 0 aliphatic carbocycles. The van der Waals surface area contributed by atoms with E-state index in [1.165, 1.54) is 12.1 Å². The number of aliphatic hydroxyl groups is 1. The van der Waals surface area contributed by atoms with Crippen molar-refractivity contribution < 1.29 is 19.0 Å². The van der Waals surface area contributed by atoms with E-state index in [4.69, 9.17) is 9.84 Å². The lowest BCUT2D eigenvalue weighted by Gasteiger charge is -2.18. The van der Waals surface area contributed by atoms with Crippen molar-refractivity contribution >= 4 is 5.91 Å². The third-order valence-electron chi connectivity index (χ3n) is 4.53. The van der Waals surface area contributed by atoms with Crippen molar-refractivity contribution in [3.8, 4) is 0 Å². The van der Waals surface area contributed by atoms with Crippen LogP contribution in [-0.4, -0.2) is 33.9 Å². The number of carbonyl (C=O) groups excluding carboxylic acids is 1. The van der Waals surface area contributed by atoms with E-state index >= 15 is 0 Å². The maximum Gasteiger partial charge on any atom is 0.251 e. The van der Waals surface area contributed by atoms with Gasteiger partial charge in [-0.25, -0.2) is 4.39 Å². The molecule has 1 aromatic carbocycles. The van der Waals surface area contributed by atoms with E-state index in [0.717, 1.165) is 24.6 Å². The second-order valence-electron chi connectivity index (χ2n) is 6.14. The Morgan fingerprint density at radius 1 is 1.52 bits per heavy atom. The zero-order valence-electron chi connectivity index (χ0n) is 14.1. The summed E-state index contributed by atoms with van der Waals surface area (Å²) in [6, 6.07) is 4.08. The fourth-order valence-electron chi connectivity index (χ4n) is 3.05. The Morgan fingerprint density at radius 2 is 2.36 bits per heavy atom. The molecule has 2 N–H and O–H groups in total. The Bertz CT molecular complexity index is 747. The summed E-state index contributed by atoms with van der Waals surface area (Å²) in [6.07, 6.45) is 4.53. The average Bonchev–Trinajstić information content (AvgIpc) is 3.28. The molecule has 0 unspecified atom stereocenters. The highest BCUT2D eigenvalue weighted by molar-refractivity contribution is 5.94. The molecule has 3 rings (SSSR count). The lowest BCUT2D eigenvalue weighted by atomic mass is 9.97. The first-order valence-electron chi connectivity index (χ1n) is 8.43. The molecule has 0 spiro atoms. The maximum atomic E-state index is 13.7. The van der Waals surface area contributed by atoms with Crippen LogP contribution in [0, 0.1) is 11.7 Å². The molecule has 1 amide bonds. The summed E-state index contributed by atoms with van der Waals surface area (Å²) in [4.78, 5) is 12.2. The molecule has 2 aromatic rings. The third-order valence-corrected chi connectivity index (χ3v) is 4.53. The number of nitrogens with zero attached hydrogens (tertiary/aromatic N) is 2. The molecule has 1 saturated heterocycles.